The summed E-state index contributed by atoms with van der Waals surface area (Å²) in [5, 5.41) is 12.9. The van der Waals surface area contributed by atoms with Gasteiger partial charge in [-0.1, -0.05) is 44.0 Å². The van der Waals surface area contributed by atoms with E-state index in [4.69, 9.17) is 5.26 Å². The Kier molecular flexibility index (Phi) is 9.00. The van der Waals surface area contributed by atoms with Crippen LogP contribution in [-0.4, -0.2) is 28.5 Å². The number of nitriles is 1. The van der Waals surface area contributed by atoms with Crippen molar-refractivity contribution in [3.05, 3.63) is 82.9 Å². The molecule has 178 valence electrons. The maximum atomic E-state index is 12.7. The van der Waals surface area contributed by atoms with Crippen LogP contribution in [0.15, 0.2) is 55.0 Å². The van der Waals surface area contributed by atoms with Crippen molar-refractivity contribution in [1.29, 1.82) is 5.26 Å². The van der Waals surface area contributed by atoms with E-state index in [2.05, 4.69) is 48.2 Å². The molecule has 1 amide bonds. The fraction of sp³-hybridized carbons (Fsp3) is 0.393. The van der Waals surface area contributed by atoms with E-state index in [1.54, 1.807) is 13.3 Å². The number of nitrogens with zero attached hydrogens (tertiary/aromatic N) is 3. The molecule has 0 spiro atoms. The van der Waals surface area contributed by atoms with E-state index in [1.807, 2.05) is 47.5 Å². The van der Waals surface area contributed by atoms with Gasteiger partial charge < -0.3 is 15.2 Å². The number of benzene rings is 2. The van der Waals surface area contributed by atoms with Gasteiger partial charge in [0.05, 0.1) is 29.7 Å². The number of aryl methyl sites for hydroxylation is 1. The van der Waals surface area contributed by atoms with E-state index in [0.717, 1.165) is 48.2 Å². The molecule has 34 heavy (non-hydrogen) atoms. The van der Waals surface area contributed by atoms with Gasteiger partial charge in [-0.15, -0.1) is 0 Å². The van der Waals surface area contributed by atoms with E-state index in [9.17, 15) is 4.79 Å². The van der Waals surface area contributed by atoms with Crippen molar-refractivity contribution in [3.8, 4) is 6.07 Å². The van der Waals surface area contributed by atoms with Gasteiger partial charge >= 0.3 is 0 Å². The van der Waals surface area contributed by atoms with Crippen LogP contribution in [0.5, 0.6) is 0 Å². The molecule has 2 atom stereocenters. The third-order valence-corrected chi connectivity index (χ3v) is 6.41. The topological polar surface area (TPSA) is 84.8 Å². The number of hydrogen-bond acceptors (Lipinski definition) is 4. The van der Waals surface area contributed by atoms with Crippen LogP contribution in [-0.2, 0) is 11.2 Å². The van der Waals surface area contributed by atoms with Gasteiger partial charge in [-0.3, -0.25) is 4.79 Å². The molecule has 0 saturated carbocycles. The van der Waals surface area contributed by atoms with Crippen molar-refractivity contribution in [2.45, 2.75) is 65.5 Å². The Bertz CT molecular complexity index is 1100. The molecule has 3 aromatic rings. The fourth-order valence-corrected chi connectivity index (χ4v) is 4.27. The SMILES string of the molecule is CCCCC(CN(C(C)=O)c1cccc(C)c1C)N[C@@H](Cc1ccc(C#N)cc1)c1cnc[nH]1. The van der Waals surface area contributed by atoms with Crippen LogP contribution in [0.1, 0.15) is 67.1 Å². The molecule has 1 aromatic heterocycles. The first-order chi connectivity index (χ1) is 16.4. The molecule has 0 aliphatic rings. The van der Waals surface area contributed by atoms with Gasteiger partial charge in [0.25, 0.3) is 0 Å². The maximum Gasteiger partial charge on any atom is 0.223 e. The van der Waals surface area contributed by atoms with E-state index in [-0.39, 0.29) is 18.0 Å². The van der Waals surface area contributed by atoms with Gasteiger partial charge in [-0.2, -0.15) is 5.26 Å². The second-order valence-corrected chi connectivity index (χ2v) is 8.93. The molecule has 2 N–H and O–H groups in total. The summed E-state index contributed by atoms with van der Waals surface area (Å²) in [7, 11) is 0. The summed E-state index contributed by atoms with van der Waals surface area (Å²) >= 11 is 0. The average molecular weight is 458 g/mol. The third-order valence-electron chi connectivity index (χ3n) is 6.41. The number of amides is 1. The van der Waals surface area contributed by atoms with Gasteiger partial charge in [-0.05, 0) is 61.6 Å². The second-order valence-electron chi connectivity index (χ2n) is 8.93. The van der Waals surface area contributed by atoms with Crippen LogP contribution in [0.2, 0.25) is 0 Å². The molecular weight excluding hydrogens is 422 g/mol. The lowest BCUT2D eigenvalue weighted by atomic mass is 9.99. The lowest BCUT2D eigenvalue weighted by Gasteiger charge is -2.32. The first kappa shape index (κ1) is 25.2. The number of rotatable bonds is 11. The number of aromatic nitrogens is 2. The van der Waals surface area contributed by atoms with Crippen molar-refractivity contribution in [3.63, 3.8) is 0 Å². The molecule has 0 bridgehead atoms. The van der Waals surface area contributed by atoms with Gasteiger partial charge in [0.15, 0.2) is 0 Å². The Morgan fingerprint density at radius 3 is 2.59 bits per heavy atom. The van der Waals surface area contributed by atoms with E-state index in [1.165, 1.54) is 5.56 Å². The largest absolute Gasteiger partial charge is 0.347 e. The number of carbonyl (C=O) groups excluding carboxylic acids is 1. The van der Waals surface area contributed by atoms with Gasteiger partial charge in [0.1, 0.15) is 0 Å². The number of unbranched alkanes of at least 4 members (excludes halogenated alkanes) is 1. The average Bonchev–Trinajstić information content (AvgIpc) is 3.37. The molecular formula is C28H35N5O. The zero-order chi connectivity index (χ0) is 24.5. The summed E-state index contributed by atoms with van der Waals surface area (Å²) in [5.41, 5.74) is 6.08. The molecule has 6 nitrogen and oxygen atoms in total. The predicted octanol–water partition coefficient (Wildman–Crippen LogP) is 5.38. The van der Waals surface area contributed by atoms with Crippen molar-refractivity contribution in [2.75, 3.05) is 11.4 Å². The molecule has 2 aromatic carbocycles. The standard InChI is InChI=1S/C28H35N5O/c1-5-6-9-25(18-33(22(4)34)28-10-7-8-20(2)21(28)3)32-26(27-17-30-19-31-27)15-23-11-13-24(16-29)14-12-23/h7-8,10-14,17,19,25-26,32H,5-6,9,15,18H2,1-4H3,(H,30,31)/t25?,26-/m0/s1. The Morgan fingerprint density at radius 1 is 1.21 bits per heavy atom. The number of aromatic amines is 1. The van der Waals surface area contributed by atoms with Crippen LogP contribution in [0, 0.1) is 25.2 Å². The van der Waals surface area contributed by atoms with Crippen LogP contribution in [0.25, 0.3) is 0 Å². The normalized spacial score (nSPS) is 12.7. The molecule has 0 saturated heterocycles. The predicted molar refractivity (Wildman–Crippen MR) is 137 cm³/mol. The monoisotopic (exact) mass is 457 g/mol. The lowest BCUT2D eigenvalue weighted by Crippen LogP contribution is -2.45. The van der Waals surface area contributed by atoms with Crippen LogP contribution in [0.3, 0.4) is 0 Å². The molecule has 0 aliphatic heterocycles. The quantitative estimate of drug-likeness (QED) is 0.405. The Balaban J connectivity index is 1.86. The summed E-state index contributed by atoms with van der Waals surface area (Å²) in [6, 6.07) is 16.1. The zero-order valence-electron chi connectivity index (χ0n) is 20.6. The minimum Gasteiger partial charge on any atom is -0.347 e. The lowest BCUT2D eigenvalue weighted by molar-refractivity contribution is -0.116. The highest BCUT2D eigenvalue weighted by molar-refractivity contribution is 5.92. The first-order valence-electron chi connectivity index (χ1n) is 12.0. The number of hydrogen-bond donors (Lipinski definition) is 2. The molecule has 1 unspecified atom stereocenters. The van der Waals surface area contributed by atoms with Gasteiger partial charge in [0, 0.05) is 31.4 Å². The number of anilines is 1. The van der Waals surface area contributed by atoms with Crippen molar-refractivity contribution in [1.82, 2.24) is 15.3 Å². The van der Waals surface area contributed by atoms with Gasteiger partial charge in [-0.25, -0.2) is 4.98 Å². The number of imidazole rings is 1. The maximum absolute atomic E-state index is 12.7. The smallest absolute Gasteiger partial charge is 0.223 e. The number of carbonyl (C=O) groups is 1. The van der Waals surface area contributed by atoms with Crippen LogP contribution < -0.4 is 10.2 Å². The molecule has 3 rings (SSSR count). The van der Waals surface area contributed by atoms with Crippen molar-refractivity contribution < 1.29 is 4.79 Å². The van der Waals surface area contributed by atoms with Crippen molar-refractivity contribution in [2.24, 2.45) is 0 Å². The molecule has 1 heterocycles. The summed E-state index contributed by atoms with van der Waals surface area (Å²) in [4.78, 5) is 22.1. The Hall–Kier alpha value is -3.43. The minimum atomic E-state index is 0.00436. The molecule has 0 fully saturated rings. The van der Waals surface area contributed by atoms with Crippen LogP contribution >= 0.6 is 0 Å². The van der Waals surface area contributed by atoms with Gasteiger partial charge in [0.2, 0.25) is 5.91 Å². The highest BCUT2D eigenvalue weighted by Crippen LogP contribution is 2.25. The summed E-state index contributed by atoms with van der Waals surface area (Å²) in [6.45, 7) is 8.58. The number of H-pyrrole nitrogens is 1. The second kappa shape index (κ2) is 12.2. The summed E-state index contributed by atoms with van der Waals surface area (Å²) in [6.07, 6.45) is 7.42. The molecule has 6 heteroatoms. The Morgan fingerprint density at radius 2 is 1.97 bits per heavy atom. The summed E-state index contributed by atoms with van der Waals surface area (Å²) < 4.78 is 0. The molecule has 0 aliphatic carbocycles. The Labute approximate surface area is 203 Å². The fourth-order valence-electron chi connectivity index (χ4n) is 4.27. The van der Waals surface area contributed by atoms with Crippen LogP contribution in [0.4, 0.5) is 5.69 Å². The first-order valence-corrected chi connectivity index (χ1v) is 12.0. The van der Waals surface area contributed by atoms with Crippen molar-refractivity contribution >= 4 is 11.6 Å². The van der Waals surface area contributed by atoms with E-state index in [0.29, 0.717) is 12.1 Å². The molecule has 0 radical (unpaired) electrons. The highest BCUT2D eigenvalue weighted by atomic mass is 16.2. The zero-order valence-corrected chi connectivity index (χ0v) is 20.6. The number of nitrogens with one attached hydrogen (secondary N) is 2. The highest BCUT2D eigenvalue weighted by Gasteiger charge is 2.24. The van der Waals surface area contributed by atoms with E-state index < -0.39 is 0 Å². The third kappa shape index (κ3) is 6.55. The summed E-state index contributed by atoms with van der Waals surface area (Å²) in [5.74, 6) is 0.0437. The van der Waals surface area contributed by atoms with E-state index >= 15 is 0 Å². The minimum absolute atomic E-state index is 0.00436.